The number of nitrogens with zero attached hydrogens (tertiary/aromatic N) is 1. The molecular weight excluding hydrogens is 244 g/mol. The molecule has 0 aromatic heterocycles. The Morgan fingerprint density at radius 1 is 1.47 bits per heavy atom. The van der Waals surface area contributed by atoms with E-state index in [1.807, 2.05) is 0 Å². The van der Waals surface area contributed by atoms with Crippen molar-refractivity contribution in [3.8, 4) is 0 Å². The molecule has 92 valence electrons. The number of likely N-dealkylation sites (N-methyl/N-ethyl adjacent to an activating group) is 1. The minimum Gasteiger partial charge on any atom is -0.480 e. The summed E-state index contributed by atoms with van der Waals surface area (Å²) in [5.74, 6) is -1.06. The van der Waals surface area contributed by atoms with Gasteiger partial charge in [0.15, 0.2) is 0 Å². The van der Waals surface area contributed by atoms with Crippen LogP contribution in [-0.4, -0.2) is 35.6 Å². The number of anilines is 1. The molecule has 0 bridgehead atoms. The highest BCUT2D eigenvalue weighted by Gasteiger charge is 2.13. The smallest absolute Gasteiger partial charge is 0.323 e. The summed E-state index contributed by atoms with van der Waals surface area (Å²) in [4.78, 5) is 23.1. The van der Waals surface area contributed by atoms with E-state index in [9.17, 15) is 9.59 Å². The summed E-state index contributed by atoms with van der Waals surface area (Å²) >= 11 is 5.90. The van der Waals surface area contributed by atoms with E-state index < -0.39 is 12.0 Å². The normalized spacial score (nSPS) is 9.82. The fourth-order valence-electron chi connectivity index (χ4n) is 1.23. The first-order valence-corrected chi connectivity index (χ1v) is 5.28. The number of carboxylic acid groups (broad SMARTS) is 1. The lowest BCUT2D eigenvalue weighted by Crippen LogP contribution is -2.35. The molecule has 17 heavy (non-hydrogen) atoms. The van der Waals surface area contributed by atoms with Gasteiger partial charge >= 0.3 is 12.0 Å². The minimum absolute atomic E-state index is 0.356. The molecule has 0 radical (unpaired) electrons. The average molecular weight is 257 g/mol. The van der Waals surface area contributed by atoms with Crippen molar-refractivity contribution in [2.45, 2.75) is 6.92 Å². The highest BCUT2D eigenvalue weighted by Crippen LogP contribution is 2.22. The van der Waals surface area contributed by atoms with Crippen LogP contribution >= 0.6 is 11.6 Å². The number of hydrogen-bond acceptors (Lipinski definition) is 2. The molecule has 0 heterocycles. The van der Waals surface area contributed by atoms with E-state index >= 15 is 0 Å². The predicted octanol–water partition coefficient (Wildman–Crippen LogP) is 2.20. The fraction of sp³-hybridized carbons (Fsp3) is 0.273. The Kier molecular flexibility index (Phi) is 4.34. The number of carboxylic acids is 1. The average Bonchev–Trinajstić information content (AvgIpc) is 2.23. The second-order valence-corrected chi connectivity index (χ2v) is 4.00. The van der Waals surface area contributed by atoms with Crippen molar-refractivity contribution in [3.05, 3.63) is 28.8 Å². The first kappa shape index (κ1) is 13.3. The lowest BCUT2D eigenvalue weighted by molar-refractivity contribution is -0.137. The van der Waals surface area contributed by atoms with Crippen molar-refractivity contribution in [2.24, 2.45) is 0 Å². The lowest BCUT2D eigenvalue weighted by Gasteiger charge is -2.16. The first-order chi connectivity index (χ1) is 7.91. The van der Waals surface area contributed by atoms with Crippen LogP contribution in [0.5, 0.6) is 0 Å². The van der Waals surface area contributed by atoms with E-state index in [0.717, 1.165) is 10.5 Å². The summed E-state index contributed by atoms with van der Waals surface area (Å²) < 4.78 is 0. The quantitative estimate of drug-likeness (QED) is 0.871. The second kappa shape index (κ2) is 5.54. The summed E-state index contributed by atoms with van der Waals surface area (Å²) in [7, 11) is 1.41. The molecule has 0 atom stereocenters. The first-order valence-electron chi connectivity index (χ1n) is 4.91. The Balaban J connectivity index is 2.74. The van der Waals surface area contributed by atoms with Crippen molar-refractivity contribution in [3.63, 3.8) is 0 Å². The van der Waals surface area contributed by atoms with Gasteiger partial charge in [-0.3, -0.25) is 4.79 Å². The zero-order chi connectivity index (χ0) is 13.0. The molecule has 1 rings (SSSR count). The van der Waals surface area contributed by atoms with Gasteiger partial charge < -0.3 is 15.3 Å². The molecule has 0 aliphatic rings. The SMILES string of the molecule is Cc1c(Cl)cccc1NC(=O)N(C)CC(=O)O. The molecule has 0 saturated heterocycles. The Labute approximate surface area is 104 Å². The van der Waals surface area contributed by atoms with Crippen molar-refractivity contribution < 1.29 is 14.7 Å². The highest BCUT2D eigenvalue weighted by atomic mass is 35.5. The van der Waals surface area contributed by atoms with Crippen LogP contribution in [0.4, 0.5) is 10.5 Å². The number of nitrogens with one attached hydrogen (secondary N) is 1. The Morgan fingerprint density at radius 2 is 2.12 bits per heavy atom. The number of benzene rings is 1. The van der Waals surface area contributed by atoms with Gasteiger partial charge in [0.05, 0.1) is 0 Å². The van der Waals surface area contributed by atoms with Crippen LogP contribution in [0.2, 0.25) is 5.02 Å². The van der Waals surface area contributed by atoms with Gasteiger partial charge in [-0.05, 0) is 24.6 Å². The van der Waals surface area contributed by atoms with E-state index in [1.54, 1.807) is 25.1 Å². The summed E-state index contributed by atoms with van der Waals surface area (Å²) in [5, 5.41) is 11.7. The third-order valence-electron chi connectivity index (χ3n) is 2.23. The van der Waals surface area contributed by atoms with Crippen LogP contribution in [0.3, 0.4) is 0 Å². The van der Waals surface area contributed by atoms with E-state index in [4.69, 9.17) is 16.7 Å². The standard InChI is InChI=1S/C11H13ClN2O3/c1-7-8(12)4-3-5-9(7)13-11(17)14(2)6-10(15)16/h3-5H,6H2,1-2H3,(H,13,17)(H,15,16). The molecule has 0 aliphatic carbocycles. The molecule has 2 amide bonds. The van der Waals surface area contributed by atoms with E-state index in [2.05, 4.69) is 5.32 Å². The summed E-state index contributed by atoms with van der Waals surface area (Å²) in [6.07, 6.45) is 0. The van der Waals surface area contributed by atoms with E-state index in [0.29, 0.717) is 10.7 Å². The Morgan fingerprint density at radius 3 is 2.71 bits per heavy atom. The van der Waals surface area contributed by atoms with Crippen LogP contribution in [-0.2, 0) is 4.79 Å². The third kappa shape index (κ3) is 3.64. The van der Waals surface area contributed by atoms with Gasteiger partial charge in [0.2, 0.25) is 0 Å². The van der Waals surface area contributed by atoms with E-state index in [-0.39, 0.29) is 6.54 Å². The highest BCUT2D eigenvalue weighted by molar-refractivity contribution is 6.31. The number of carbonyl (C=O) groups excluding carboxylic acids is 1. The minimum atomic E-state index is -1.06. The zero-order valence-electron chi connectivity index (χ0n) is 9.53. The monoisotopic (exact) mass is 256 g/mol. The number of hydrogen-bond donors (Lipinski definition) is 2. The van der Waals surface area contributed by atoms with Gasteiger partial charge in [0.1, 0.15) is 6.54 Å². The molecular formula is C11H13ClN2O3. The lowest BCUT2D eigenvalue weighted by atomic mass is 10.2. The summed E-state index contributed by atoms with van der Waals surface area (Å²) in [6, 6.07) is 4.64. The summed E-state index contributed by atoms with van der Waals surface area (Å²) in [5.41, 5.74) is 1.31. The molecule has 2 N–H and O–H groups in total. The molecule has 1 aromatic rings. The van der Waals surface area contributed by atoms with Gasteiger partial charge in [-0.1, -0.05) is 17.7 Å². The second-order valence-electron chi connectivity index (χ2n) is 3.59. The number of amides is 2. The molecule has 0 saturated carbocycles. The van der Waals surface area contributed by atoms with Crippen LogP contribution < -0.4 is 5.32 Å². The van der Waals surface area contributed by atoms with Crippen LogP contribution in [0.1, 0.15) is 5.56 Å². The molecule has 1 aromatic carbocycles. The fourth-order valence-corrected chi connectivity index (χ4v) is 1.40. The van der Waals surface area contributed by atoms with Gasteiger partial charge in [-0.2, -0.15) is 0 Å². The van der Waals surface area contributed by atoms with Crippen molar-refractivity contribution in [1.82, 2.24) is 4.90 Å². The number of carbonyl (C=O) groups is 2. The molecule has 5 nitrogen and oxygen atoms in total. The van der Waals surface area contributed by atoms with Crippen molar-refractivity contribution in [2.75, 3.05) is 18.9 Å². The Hall–Kier alpha value is -1.75. The van der Waals surface area contributed by atoms with Crippen LogP contribution in [0.25, 0.3) is 0 Å². The predicted molar refractivity (Wildman–Crippen MR) is 65.5 cm³/mol. The maximum absolute atomic E-state index is 11.6. The maximum atomic E-state index is 11.6. The van der Waals surface area contributed by atoms with E-state index in [1.165, 1.54) is 7.05 Å². The molecule has 0 unspecified atom stereocenters. The van der Waals surface area contributed by atoms with Crippen molar-refractivity contribution in [1.29, 1.82) is 0 Å². The molecule has 0 fully saturated rings. The van der Waals surface area contributed by atoms with Crippen LogP contribution in [0.15, 0.2) is 18.2 Å². The third-order valence-corrected chi connectivity index (χ3v) is 2.64. The number of rotatable bonds is 3. The topological polar surface area (TPSA) is 69.6 Å². The van der Waals surface area contributed by atoms with Gasteiger partial charge in [0, 0.05) is 17.8 Å². The molecule has 0 aliphatic heterocycles. The largest absolute Gasteiger partial charge is 0.480 e. The molecule has 6 heteroatoms. The zero-order valence-corrected chi connectivity index (χ0v) is 10.3. The van der Waals surface area contributed by atoms with Gasteiger partial charge in [-0.25, -0.2) is 4.79 Å². The number of aliphatic carboxylic acids is 1. The number of halogens is 1. The number of urea groups is 1. The maximum Gasteiger partial charge on any atom is 0.323 e. The summed E-state index contributed by atoms with van der Waals surface area (Å²) in [6.45, 7) is 1.42. The molecule has 0 spiro atoms. The van der Waals surface area contributed by atoms with Gasteiger partial charge in [-0.15, -0.1) is 0 Å². The van der Waals surface area contributed by atoms with Crippen LogP contribution in [0, 0.1) is 6.92 Å². The van der Waals surface area contributed by atoms with Gasteiger partial charge in [0.25, 0.3) is 0 Å². The van der Waals surface area contributed by atoms with Crippen molar-refractivity contribution >= 4 is 29.3 Å². The Bertz CT molecular complexity index is 448.